The van der Waals surface area contributed by atoms with Crippen LogP contribution in [0.15, 0.2) is 72.8 Å². The molecule has 0 bridgehead atoms. The van der Waals surface area contributed by atoms with Gasteiger partial charge in [-0.3, -0.25) is 0 Å². The summed E-state index contributed by atoms with van der Waals surface area (Å²) in [7, 11) is 0. The van der Waals surface area contributed by atoms with Crippen molar-refractivity contribution in [3.8, 4) is 23.0 Å². The van der Waals surface area contributed by atoms with E-state index in [9.17, 15) is 38.0 Å². The maximum absolute atomic E-state index is 13.9. The molecule has 0 spiro atoms. The van der Waals surface area contributed by atoms with Crippen molar-refractivity contribution in [2.75, 3.05) is 26.2 Å². The number of hydrogen-bond donors (Lipinski definition) is 8. The molecule has 8 rings (SSSR count). The molecular formula is C44H52AlF4N4O8-. The Hall–Kier alpha value is -3.99. The summed E-state index contributed by atoms with van der Waals surface area (Å²) in [6.45, 7) is -0.176. The normalized spacial score (nSPS) is 23.5. The van der Waals surface area contributed by atoms with E-state index < -0.39 is 62.8 Å². The number of aliphatic hydroxyl groups excluding tert-OH is 4. The van der Waals surface area contributed by atoms with Crippen LogP contribution in [-0.4, -0.2) is 109 Å². The van der Waals surface area contributed by atoms with E-state index in [1.165, 1.54) is 48.5 Å². The highest BCUT2D eigenvalue weighted by atomic mass is 27.3. The molecule has 0 aromatic heterocycles. The first-order valence-corrected chi connectivity index (χ1v) is 23.4. The third-order valence-electron chi connectivity index (χ3n) is 12.2. The lowest BCUT2D eigenvalue weighted by Gasteiger charge is -2.44. The number of aliphatic hydroxyl groups is 4. The van der Waals surface area contributed by atoms with Gasteiger partial charge in [0.05, 0.1) is 24.4 Å². The van der Waals surface area contributed by atoms with Crippen LogP contribution >= 0.6 is 0 Å². The maximum atomic E-state index is 13.9. The molecule has 328 valence electrons. The highest BCUT2D eigenvalue weighted by Gasteiger charge is 2.40. The molecule has 0 fully saturated rings. The second-order valence-electron chi connectivity index (χ2n) is 16.6. The first-order chi connectivity index (χ1) is 29.4. The van der Waals surface area contributed by atoms with Crippen molar-refractivity contribution in [2.45, 2.75) is 100 Å². The minimum atomic E-state index is -4.09. The van der Waals surface area contributed by atoms with Crippen LogP contribution in [-0.2, 0) is 25.7 Å². The lowest BCUT2D eigenvalue weighted by Crippen LogP contribution is -2.83. The average molecular weight is 868 g/mol. The van der Waals surface area contributed by atoms with Gasteiger partial charge in [0.1, 0.15) is 70.7 Å². The van der Waals surface area contributed by atoms with Gasteiger partial charge < -0.3 is 56.6 Å². The minimum absolute atomic E-state index is 0.0439. The summed E-state index contributed by atoms with van der Waals surface area (Å²) in [5.74, 6) is 0.432. The van der Waals surface area contributed by atoms with E-state index >= 15 is 0 Å². The topological polar surface area (TPSA) is 166 Å². The van der Waals surface area contributed by atoms with Gasteiger partial charge in [-0.1, -0.05) is 0 Å². The van der Waals surface area contributed by atoms with Gasteiger partial charge in [-0.2, -0.15) is 0 Å². The van der Waals surface area contributed by atoms with Crippen molar-refractivity contribution < 1.29 is 56.9 Å². The summed E-state index contributed by atoms with van der Waals surface area (Å²) >= 11 is -4.09. The van der Waals surface area contributed by atoms with E-state index in [2.05, 4.69) is 17.2 Å². The van der Waals surface area contributed by atoms with E-state index in [4.69, 9.17) is 18.9 Å². The van der Waals surface area contributed by atoms with Crippen molar-refractivity contribution in [3.05, 3.63) is 118 Å². The molecule has 17 heteroatoms. The van der Waals surface area contributed by atoms with Crippen LogP contribution in [0.5, 0.6) is 23.0 Å². The lowest BCUT2D eigenvalue weighted by atomic mass is 9.99. The molecule has 8 unspecified atom stereocenters. The number of rotatable bonds is 16. The highest BCUT2D eigenvalue weighted by molar-refractivity contribution is 6.70. The lowest BCUT2D eigenvalue weighted by molar-refractivity contribution is 0.0205. The van der Waals surface area contributed by atoms with E-state index in [1.54, 1.807) is 24.3 Å². The molecule has 8 N–H and O–H groups in total. The second-order valence-corrected chi connectivity index (χ2v) is 19.9. The first-order valence-electron chi connectivity index (χ1n) is 21.1. The molecule has 4 aromatic carbocycles. The molecule has 0 saturated heterocycles. The van der Waals surface area contributed by atoms with E-state index in [-0.39, 0.29) is 49.4 Å². The van der Waals surface area contributed by atoms with Crippen LogP contribution in [0, 0.1) is 23.3 Å². The molecule has 0 aliphatic carbocycles. The van der Waals surface area contributed by atoms with Crippen LogP contribution in [0.2, 0.25) is 0 Å². The SMILES string of the molecule is OC(C[NH][Al-]([NH]CC(O)C1CCc2cc(F)ccc2O1)([NH]CC(O)C1CCc2cc(F)ccc2O1)[NH]CC(O)C1CCc2cc(F)ccc2O1)C1CCc2cc(F)ccc2O1. The average Bonchev–Trinajstić information content (AvgIpc) is 3.27. The zero-order chi connectivity index (χ0) is 42.7. The van der Waals surface area contributed by atoms with Gasteiger partial charge in [0.15, 0.2) is 0 Å². The Balaban J connectivity index is 1.02. The Kier molecular flexibility index (Phi) is 13.7. The summed E-state index contributed by atoms with van der Waals surface area (Å²) in [4.78, 5) is 0. The molecule has 0 saturated carbocycles. The Morgan fingerprint density at radius 2 is 0.656 bits per heavy atom. The fourth-order valence-electron chi connectivity index (χ4n) is 8.75. The predicted molar refractivity (Wildman–Crippen MR) is 218 cm³/mol. The molecule has 0 amide bonds. The largest absolute Gasteiger partial charge is 0.521 e. The molecule has 8 atom stereocenters. The van der Waals surface area contributed by atoms with E-state index in [0.717, 1.165) is 0 Å². The Bertz CT molecular complexity index is 1860. The predicted octanol–water partition coefficient (Wildman–Crippen LogP) is 3.36. The number of nitrogens with one attached hydrogen (secondary N) is 4. The Labute approximate surface area is 354 Å². The number of hydrogen-bond acceptors (Lipinski definition) is 12. The second kappa shape index (κ2) is 19.2. The van der Waals surface area contributed by atoms with Crippen molar-refractivity contribution in [1.82, 2.24) is 17.2 Å². The van der Waals surface area contributed by atoms with E-state index in [1.807, 2.05) is 0 Å². The van der Waals surface area contributed by atoms with Gasteiger partial charge in [0, 0.05) is 0 Å². The van der Waals surface area contributed by atoms with Crippen LogP contribution in [0.4, 0.5) is 17.6 Å². The maximum Gasteiger partial charge on any atom is 0.521 e. The summed E-state index contributed by atoms with van der Waals surface area (Å²) in [6, 6.07) is 17.1. The van der Waals surface area contributed by atoms with Crippen molar-refractivity contribution in [2.24, 2.45) is 0 Å². The smallest absolute Gasteiger partial charge is 0.487 e. The fraction of sp³-hybridized carbons (Fsp3) is 0.455. The van der Waals surface area contributed by atoms with Crippen LogP contribution < -0.4 is 36.1 Å². The van der Waals surface area contributed by atoms with Gasteiger partial charge in [-0.05, 0) is 173 Å². The number of halogens is 4. The standard InChI is InChI=1S/4C11H13FNO2.Al/c4*12-8-2-4-10-7(5-8)1-3-11(15-10)9(14)6-13;/h4*2,4-5,9,11,13-14H,1,3,6H2;/q4*-1;+3. The molecule has 4 aromatic rings. The number of aryl methyl sites for hydroxylation is 4. The summed E-state index contributed by atoms with van der Waals surface area (Å²) in [5, 5.41) is 46.4. The van der Waals surface area contributed by atoms with Crippen LogP contribution in [0.1, 0.15) is 47.9 Å². The molecule has 61 heavy (non-hydrogen) atoms. The zero-order valence-corrected chi connectivity index (χ0v) is 34.7. The third kappa shape index (κ3) is 10.6. The Morgan fingerprint density at radius 3 is 0.885 bits per heavy atom. The summed E-state index contributed by atoms with van der Waals surface area (Å²) in [6.07, 6.45) is -3.24. The van der Waals surface area contributed by atoms with Gasteiger partial charge in [-0.15, -0.1) is 0 Å². The number of fused-ring (bicyclic) bond motifs is 4. The molecule has 4 aliphatic rings. The van der Waals surface area contributed by atoms with Crippen molar-refractivity contribution >= 4 is 14.0 Å². The van der Waals surface area contributed by atoms with Crippen LogP contribution in [0.25, 0.3) is 0 Å². The molecular weight excluding hydrogens is 815 g/mol. The van der Waals surface area contributed by atoms with Gasteiger partial charge in [-0.25, -0.2) is 17.6 Å². The highest BCUT2D eigenvalue weighted by Crippen LogP contribution is 2.33. The van der Waals surface area contributed by atoms with Crippen molar-refractivity contribution in [1.29, 1.82) is 0 Å². The fourth-order valence-corrected chi connectivity index (χ4v) is 12.0. The Morgan fingerprint density at radius 1 is 0.426 bits per heavy atom. The summed E-state index contributed by atoms with van der Waals surface area (Å²) < 4.78 is 94.1. The van der Waals surface area contributed by atoms with Gasteiger partial charge >= 0.3 is 14.0 Å². The van der Waals surface area contributed by atoms with Gasteiger partial charge in [0.25, 0.3) is 0 Å². The van der Waals surface area contributed by atoms with Crippen molar-refractivity contribution in [3.63, 3.8) is 0 Å². The van der Waals surface area contributed by atoms with E-state index in [0.29, 0.717) is 96.6 Å². The zero-order valence-electron chi connectivity index (χ0n) is 33.5. The number of benzene rings is 4. The molecule has 4 aliphatic heterocycles. The monoisotopic (exact) mass is 867 g/mol. The summed E-state index contributed by atoms with van der Waals surface area (Å²) in [5.41, 5.74) is 2.82. The third-order valence-corrected chi connectivity index (χ3v) is 15.6. The number of ether oxygens (including phenoxy) is 4. The molecule has 0 radical (unpaired) electrons. The van der Waals surface area contributed by atoms with Gasteiger partial charge in [0.2, 0.25) is 0 Å². The van der Waals surface area contributed by atoms with Crippen LogP contribution in [0.3, 0.4) is 0 Å². The molecule has 4 heterocycles. The molecule has 12 nitrogen and oxygen atoms in total. The first kappa shape index (κ1) is 43.7. The quantitative estimate of drug-likeness (QED) is 0.0613. The minimum Gasteiger partial charge on any atom is -0.487 e.